The number of anilines is 1. The Labute approximate surface area is 296 Å². The first-order chi connectivity index (χ1) is 24.2. The monoisotopic (exact) mass is 757 g/mol. The van der Waals surface area contributed by atoms with E-state index in [4.69, 9.17) is 10.6 Å². The van der Waals surface area contributed by atoms with E-state index < -0.39 is 70.3 Å². The van der Waals surface area contributed by atoms with Gasteiger partial charge in [0.15, 0.2) is 22.3 Å². The number of aliphatic carboxylic acids is 2. The van der Waals surface area contributed by atoms with Crippen LogP contribution in [0.3, 0.4) is 0 Å². The second-order valence-corrected chi connectivity index (χ2v) is 13.7. The molecule has 1 aromatic carbocycles. The molecule has 2 amide bonds. The van der Waals surface area contributed by atoms with Crippen molar-refractivity contribution in [3.8, 4) is 11.5 Å². The third kappa shape index (κ3) is 6.80. The lowest BCUT2D eigenvalue weighted by molar-refractivity contribution is -0.151. The van der Waals surface area contributed by atoms with Crippen LogP contribution >= 0.6 is 34.9 Å². The van der Waals surface area contributed by atoms with E-state index in [0.717, 1.165) is 46.2 Å². The number of phenols is 2. The van der Waals surface area contributed by atoms with Gasteiger partial charge in [0.2, 0.25) is 6.10 Å². The van der Waals surface area contributed by atoms with Crippen molar-refractivity contribution >= 4 is 81.2 Å². The number of amides is 2. The summed E-state index contributed by atoms with van der Waals surface area (Å²) in [5, 5.41) is 59.7. The van der Waals surface area contributed by atoms with Crippen molar-refractivity contribution in [2.24, 2.45) is 5.16 Å². The zero-order chi connectivity index (χ0) is 36.7. The van der Waals surface area contributed by atoms with Gasteiger partial charge >= 0.3 is 17.9 Å². The van der Waals surface area contributed by atoms with Gasteiger partial charge in [-0.05, 0) is 30.7 Å². The summed E-state index contributed by atoms with van der Waals surface area (Å²) in [6.07, 6.45) is -1.85. The summed E-state index contributed by atoms with van der Waals surface area (Å²) < 4.78 is 1.23. The Morgan fingerprint density at radius 1 is 1.12 bits per heavy atom. The number of carbonyl (C=O) groups excluding carboxylic acids is 2. The smallest absolute Gasteiger partial charge is 0.375 e. The number of carbonyl (C=O) groups is 5. The SMILES string of the molecule is Cc1cc(SCC2=C(C(=O)O)N3C(=O)[C@@H](NC(=O)/C(=N\O[C@H](C(=O)O)c4ccc(O)c(O)c4)c4csc(N)n4)[C@H]3SC2)n2nc(C(=O)O)nc2n1. The largest absolute Gasteiger partial charge is 0.504 e. The van der Waals surface area contributed by atoms with Crippen molar-refractivity contribution in [2.45, 2.75) is 29.5 Å². The van der Waals surface area contributed by atoms with Crippen LogP contribution < -0.4 is 11.1 Å². The van der Waals surface area contributed by atoms with E-state index in [9.17, 15) is 49.5 Å². The molecule has 51 heavy (non-hydrogen) atoms. The lowest BCUT2D eigenvalue weighted by atomic mass is 10.0. The number of oxime groups is 1. The lowest BCUT2D eigenvalue weighted by Gasteiger charge is -2.49. The van der Waals surface area contributed by atoms with Gasteiger partial charge in [-0.15, -0.1) is 40.0 Å². The minimum Gasteiger partial charge on any atom is -0.504 e. The van der Waals surface area contributed by atoms with Crippen LogP contribution in [-0.2, 0) is 24.0 Å². The number of nitrogen functional groups attached to an aromatic ring is 1. The molecule has 6 rings (SSSR count). The predicted molar refractivity (Wildman–Crippen MR) is 177 cm³/mol. The van der Waals surface area contributed by atoms with E-state index in [-0.39, 0.29) is 39.4 Å². The van der Waals surface area contributed by atoms with Crippen molar-refractivity contribution < 1.29 is 54.3 Å². The Morgan fingerprint density at radius 2 is 1.88 bits per heavy atom. The molecular formula is C28H23N9O11S3. The fourth-order valence-corrected chi connectivity index (χ4v) is 8.05. The number of fused-ring (bicyclic) bond motifs is 2. The Bertz CT molecular complexity index is 2200. The molecule has 1 saturated heterocycles. The number of nitrogens with one attached hydrogen (secondary N) is 1. The standard InChI is InChI=1S/C28H23N9O11S3/c1-9-4-15(37-28(30-9)33-20(34-37)26(46)47)49-6-11-7-50-23-17(22(41)36(23)18(11)24(42)43)32-21(40)16(12-8-51-27(29)31-12)35-48-19(25(44)45)10-2-3-13(38)14(39)5-10/h2-5,8,17,19,23,38-39H,6-7H2,1H3,(H2,29,31)(H,32,40)(H,42,43)(H,44,45)(H,46,47)/b35-16-/t17-,19+,23-/m1/s1. The van der Waals surface area contributed by atoms with Crippen LogP contribution in [0.2, 0.25) is 0 Å². The van der Waals surface area contributed by atoms with E-state index in [1.807, 2.05) is 0 Å². The van der Waals surface area contributed by atoms with Gasteiger partial charge in [-0.25, -0.2) is 24.4 Å². The predicted octanol–water partition coefficient (Wildman–Crippen LogP) is 0.658. The van der Waals surface area contributed by atoms with E-state index in [1.54, 1.807) is 13.0 Å². The van der Waals surface area contributed by atoms with Gasteiger partial charge < -0.3 is 41.4 Å². The summed E-state index contributed by atoms with van der Waals surface area (Å²) in [4.78, 5) is 81.1. The number of aryl methyl sites for hydroxylation is 1. The molecular weight excluding hydrogens is 735 g/mol. The number of aromatic nitrogens is 5. The molecule has 8 N–H and O–H groups in total. The van der Waals surface area contributed by atoms with Crippen LogP contribution in [0.1, 0.15) is 33.7 Å². The number of hydrogen-bond acceptors (Lipinski definition) is 17. The molecule has 0 bridgehead atoms. The molecule has 0 spiro atoms. The molecule has 4 aromatic rings. The zero-order valence-electron chi connectivity index (χ0n) is 25.7. The van der Waals surface area contributed by atoms with Crippen molar-refractivity contribution in [1.82, 2.24) is 34.8 Å². The van der Waals surface area contributed by atoms with E-state index in [1.165, 1.54) is 21.7 Å². The minimum absolute atomic E-state index is 0.0351. The number of nitrogens with two attached hydrogens (primary N) is 1. The van der Waals surface area contributed by atoms with Crippen LogP contribution in [0.5, 0.6) is 11.5 Å². The molecule has 2 aliphatic heterocycles. The van der Waals surface area contributed by atoms with Gasteiger partial charge in [-0.3, -0.25) is 14.5 Å². The second-order valence-electron chi connectivity index (χ2n) is 10.7. The number of nitrogens with zero attached hydrogens (tertiary/aromatic N) is 7. The molecule has 5 heterocycles. The number of rotatable bonds is 12. The van der Waals surface area contributed by atoms with Crippen molar-refractivity contribution in [2.75, 3.05) is 17.2 Å². The first kappa shape index (κ1) is 34.9. The molecule has 20 nitrogen and oxygen atoms in total. The summed E-state index contributed by atoms with van der Waals surface area (Å²) >= 11 is 3.27. The van der Waals surface area contributed by atoms with Crippen LogP contribution in [0, 0.1) is 6.92 Å². The molecule has 0 saturated carbocycles. The Kier molecular flexibility index (Phi) is 9.42. The first-order valence-electron chi connectivity index (χ1n) is 14.2. The van der Waals surface area contributed by atoms with E-state index >= 15 is 0 Å². The highest BCUT2D eigenvalue weighted by molar-refractivity contribution is 8.01. The molecule has 3 atom stereocenters. The molecule has 0 aliphatic carbocycles. The third-order valence-electron chi connectivity index (χ3n) is 7.29. The molecule has 264 valence electrons. The second kappa shape index (κ2) is 13.8. The minimum atomic E-state index is -1.85. The molecule has 1 fully saturated rings. The fraction of sp³-hybridized carbons (Fsp3) is 0.214. The summed E-state index contributed by atoms with van der Waals surface area (Å²) in [6.45, 7) is 1.67. The number of thiazole rings is 1. The Balaban J connectivity index is 1.21. The summed E-state index contributed by atoms with van der Waals surface area (Å²) in [7, 11) is 0. The van der Waals surface area contributed by atoms with Crippen LogP contribution in [0.15, 0.2) is 51.1 Å². The van der Waals surface area contributed by atoms with E-state index in [0.29, 0.717) is 16.3 Å². The summed E-state index contributed by atoms with van der Waals surface area (Å²) in [5.41, 5.74) is 5.56. The highest BCUT2D eigenvalue weighted by Crippen LogP contribution is 2.42. The van der Waals surface area contributed by atoms with Crippen LogP contribution in [-0.4, -0.2) is 113 Å². The number of phenolic OH excluding ortho intramolecular Hbond substituents is 2. The highest BCUT2D eigenvalue weighted by Gasteiger charge is 2.54. The van der Waals surface area contributed by atoms with Crippen molar-refractivity contribution in [3.05, 3.63) is 63.7 Å². The maximum atomic E-state index is 13.5. The van der Waals surface area contributed by atoms with Crippen LogP contribution in [0.4, 0.5) is 5.13 Å². The lowest BCUT2D eigenvalue weighted by Crippen LogP contribution is -2.71. The van der Waals surface area contributed by atoms with Gasteiger partial charge in [0.1, 0.15) is 27.8 Å². The normalized spacial score (nSPS) is 17.9. The number of aromatic hydroxyl groups is 2. The molecule has 23 heteroatoms. The molecule has 3 aromatic heterocycles. The third-order valence-corrected chi connectivity index (χ3v) is 10.4. The number of carboxylic acids is 3. The Morgan fingerprint density at radius 3 is 2.53 bits per heavy atom. The quantitative estimate of drug-likeness (QED) is 0.0261. The van der Waals surface area contributed by atoms with Gasteiger partial charge in [0.25, 0.3) is 23.4 Å². The number of aromatic carboxylic acids is 1. The first-order valence-corrected chi connectivity index (χ1v) is 17.2. The molecule has 2 aliphatic rings. The fourth-order valence-electron chi connectivity index (χ4n) is 4.97. The maximum absolute atomic E-state index is 13.5. The van der Waals surface area contributed by atoms with Crippen LogP contribution in [0.25, 0.3) is 5.78 Å². The van der Waals surface area contributed by atoms with Gasteiger partial charge in [0.05, 0.1) is 0 Å². The summed E-state index contributed by atoms with van der Waals surface area (Å²) in [5.74, 6) is -7.37. The van der Waals surface area contributed by atoms with Crippen molar-refractivity contribution in [1.29, 1.82) is 0 Å². The van der Waals surface area contributed by atoms with E-state index in [2.05, 4.69) is 30.5 Å². The van der Waals surface area contributed by atoms with Gasteiger partial charge in [-0.2, -0.15) is 9.50 Å². The number of β-lactam (4-membered cyclic amide) rings is 1. The average molecular weight is 758 g/mol. The van der Waals surface area contributed by atoms with Crippen molar-refractivity contribution in [3.63, 3.8) is 0 Å². The number of thioether (sulfide) groups is 2. The average Bonchev–Trinajstić information content (AvgIpc) is 3.71. The number of benzene rings is 1. The zero-order valence-corrected chi connectivity index (χ0v) is 28.1. The molecule has 0 radical (unpaired) electrons. The highest BCUT2D eigenvalue weighted by atomic mass is 32.2. The molecule has 0 unspecified atom stereocenters. The van der Waals surface area contributed by atoms with Gasteiger partial charge in [-0.1, -0.05) is 11.2 Å². The number of hydrogen-bond donors (Lipinski definition) is 7. The van der Waals surface area contributed by atoms with Gasteiger partial charge in [0, 0.05) is 28.1 Å². The topological polar surface area (TPSA) is 305 Å². The Hall–Kier alpha value is -5.94. The summed E-state index contributed by atoms with van der Waals surface area (Å²) in [6, 6.07) is 3.55. The maximum Gasteiger partial charge on any atom is 0.375 e. The number of carboxylic acid groups (broad SMARTS) is 3.